The lowest BCUT2D eigenvalue weighted by Crippen LogP contribution is -2.42. The van der Waals surface area contributed by atoms with Crippen LogP contribution in [0.3, 0.4) is 0 Å². The van der Waals surface area contributed by atoms with Gasteiger partial charge in [-0.25, -0.2) is 4.68 Å². The van der Waals surface area contributed by atoms with E-state index in [1.807, 2.05) is 53.3 Å². The van der Waals surface area contributed by atoms with Gasteiger partial charge in [0, 0.05) is 30.4 Å². The highest BCUT2D eigenvalue weighted by atomic mass is 16.2. The van der Waals surface area contributed by atoms with Gasteiger partial charge in [-0.3, -0.25) is 4.79 Å². The molecule has 5 heteroatoms. The van der Waals surface area contributed by atoms with Gasteiger partial charge in [-0.05, 0) is 50.4 Å². The van der Waals surface area contributed by atoms with Crippen LogP contribution in [0.5, 0.6) is 0 Å². The maximum absolute atomic E-state index is 13.8. The number of hydrogen-bond acceptors (Lipinski definition) is 3. The van der Waals surface area contributed by atoms with Crippen molar-refractivity contribution >= 4 is 5.91 Å². The van der Waals surface area contributed by atoms with E-state index in [1.165, 1.54) is 0 Å². The number of carbonyl (C=O) groups excluding carboxylic acids is 1. The van der Waals surface area contributed by atoms with Crippen molar-refractivity contribution in [1.29, 1.82) is 0 Å². The van der Waals surface area contributed by atoms with Gasteiger partial charge in [0.2, 0.25) is 0 Å². The number of aryl methyl sites for hydroxylation is 1. The predicted octanol–water partition coefficient (Wildman–Crippen LogP) is 3.81. The zero-order valence-electron chi connectivity index (χ0n) is 16.7. The highest BCUT2D eigenvalue weighted by molar-refractivity contribution is 6.00. The minimum absolute atomic E-state index is 0.113. The zero-order chi connectivity index (χ0) is 19.8. The van der Waals surface area contributed by atoms with Crippen LogP contribution in [-0.4, -0.2) is 45.8 Å². The van der Waals surface area contributed by atoms with E-state index in [4.69, 9.17) is 5.10 Å². The SMILES string of the molecule is Cc1ccccc1-c1nn(-c2ccccc2)cc1C(=O)N1C2CCNCC1CC2. The van der Waals surface area contributed by atoms with Crippen LogP contribution in [0.25, 0.3) is 16.9 Å². The molecule has 5 nitrogen and oxygen atoms in total. The molecule has 29 heavy (non-hydrogen) atoms. The number of nitrogens with one attached hydrogen (secondary N) is 1. The maximum atomic E-state index is 13.8. The fourth-order valence-electron chi connectivity index (χ4n) is 4.73. The number of hydrogen-bond donors (Lipinski definition) is 1. The zero-order valence-corrected chi connectivity index (χ0v) is 16.7. The molecular weight excluding hydrogens is 360 g/mol. The first-order valence-corrected chi connectivity index (χ1v) is 10.5. The Morgan fingerprint density at radius 2 is 1.76 bits per heavy atom. The number of nitrogens with zero attached hydrogens (tertiary/aromatic N) is 3. The summed E-state index contributed by atoms with van der Waals surface area (Å²) in [6.45, 7) is 3.94. The molecule has 3 aromatic rings. The third-order valence-corrected chi connectivity index (χ3v) is 6.25. The van der Waals surface area contributed by atoms with E-state index in [0.717, 1.165) is 54.9 Å². The fourth-order valence-corrected chi connectivity index (χ4v) is 4.73. The van der Waals surface area contributed by atoms with E-state index in [1.54, 1.807) is 0 Å². The average Bonchev–Trinajstić information content (AvgIpc) is 3.29. The molecule has 0 spiro atoms. The van der Waals surface area contributed by atoms with E-state index < -0.39 is 0 Å². The van der Waals surface area contributed by atoms with Gasteiger partial charge in [0.1, 0.15) is 5.69 Å². The first kappa shape index (κ1) is 18.1. The van der Waals surface area contributed by atoms with Gasteiger partial charge in [-0.15, -0.1) is 0 Å². The van der Waals surface area contributed by atoms with Crippen molar-refractivity contribution in [3.8, 4) is 16.9 Å². The molecule has 2 aliphatic rings. The number of benzene rings is 2. The largest absolute Gasteiger partial charge is 0.331 e. The molecule has 0 radical (unpaired) electrons. The lowest BCUT2D eigenvalue weighted by molar-refractivity contribution is 0.0681. The second-order valence-electron chi connectivity index (χ2n) is 8.08. The van der Waals surface area contributed by atoms with E-state index in [2.05, 4.69) is 29.3 Å². The molecule has 0 saturated carbocycles. The molecule has 2 bridgehead atoms. The molecule has 148 valence electrons. The van der Waals surface area contributed by atoms with Gasteiger partial charge in [0.25, 0.3) is 5.91 Å². The van der Waals surface area contributed by atoms with Crippen LogP contribution >= 0.6 is 0 Å². The first-order chi connectivity index (χ1) is 14.2. The lowest BCUT2D eigenvalue weighted by atomic mass is 10.0. The van der Waals surface area contributed by atoms with Crippen molar-refractivity contribution in [3.05, 3.63) is 71.9 Å². The molecule has 3 heterocycles. The van der Waals surface area contributed by atoms with Crippen molar-refractivity contribution in [3.63, 3.8) is 0 Å². The average molecular weight is 386 g/mol. The number of rotatable bonds is 3. The monoisotopic (exact) mass is 386 g/mol. The third kappa shape index (κ3) is 3.25. The highest BCUT2D eigenvalue weighted by Crippen LogP contribution is 2.33. The Morgan fingerprint density at radius 1 is 1.00 bits per heavy atom. The van der Waals surface area contributed by atoms with Gasteiger partial charge < -0.3 is 10.2 Å². The van der Waals surface area contributed by atoms with E-state index in [0.29, 0.717) is 11.6 Å². The van der Waals surface area contributed by atoms with Crippen molar-refractivity contribution < 1.29 is 4.79 Å². The second kappa shape index (κ2) is 7.48. The summed E-state index contributed by atoms with van der Waals surface area (Å²) in [6.07, 6.45) is 5.12. The normalized spacial score (nSPS) is 21.2. The van der Waals surface area contributed by atoms with Crippen LogP contribution in [0, 0.1) is 6.92 Å². The third-order valence-electron chi connectivity index (χ3n) is 6.25. The molecule has 2 saturated heterocycles. The number of aromatic nitrogens is 2. The van der Waals surface area contributed by atoms with Crippen molar-refractivity contribution in [2.75, 3.05) is 13.1 Å². The minimum Gasteiger partial charge on any atom is -0.331 e. The van der Waals surface area contributed by atoms with Crippen molar-refractivity contribution in [1.82, 2.24) is 20.0 Å². The van der Waals surface area contributed by atoms with Gasteiger partial charge in [0.15, 0.2) is 0 Å². The summed E-state index contributed by atoms with van der Waals surface area (Å²) in [6, 6.07) is 18.8. The number of amides is 1. The van der Waals surface area contributed by atoms with E-state index in [9.17, 15) is 4.79 Å². The van der Waals surface area contributed by atoms with Crippen LogP contribution in [0.1, 0.15) is 35.2 Å². The van der Waals surface area contributed by atoms with Gasteiger partial charge in [-0.2, -0.15) is 5.10 Å². The second-order valence-corrected chi connectivity index (χ2v) is 8.08. The molecule has 1 N–H and O–H groups in total. The quantitative estimate of drug-likeness (QED) is 0.745. The summed E-state index contributed by atoms with van der Waals surface area (Å²) in [5, 5.41) is 8.36. The maximum Gasteiger partial charge on any atom is 0.258 e. The van der Waals surface area contributed by atoms with Crippen LogP contribution in [0.2, 0.25) is 0 Å². The van der Waals surface area contributed by atoms with Gasteiger partial charge in [0.05, 0.1) is 11.3 Å². The molecular formula is C24H26N4O. The molecule has 0 aliphatic carbocycles. The number of fused-ring (bicyclic) bond motifs is 2. The Hall–Kier alpha value is -2.92. The Balaban J connectivity index is 1.62. The molecule has 1 aromatic heterocycles. The molecule has 2 aliphatic heterocycles. The molecule has 2 fully saturated rings. The molecule has 5 rings (SSSR count). The minimum atomic E-state index is 0.113. The molecule has 2 aromatic carbocycles. The van der Waals surface area contributed by atoms with Crippen LogP contribution in [0.4, 0.5) is 0 Å². The number of para-hydroxylation sites is 1. The van der Waals surface area contributed by atoms with Crippen LogP contribution in [0.15, 0.2) is 60.8 Å². The lowest BCUT2D eigenvalue weighted by Gasteiger charge is -2.27. The number of carbonyl (C=O) groups is 1. The summed E-state index contributed by atoms with van der Waals surface area (Å²) >= 11 is 0. The Morgan fingerprint density at radius 3 is 2.59 bits per heavy atom. The van der Waals surface area contributed by atoms with Crippen LogP contribution < -0.4 is 5.32 Å². The summed E-state index contributed by atoms with van der Waals surface area (Å²) in [4.78, 5) is 15.9. The Labute approximate surface area is 171 Å². The smallest absolute Gasteiger partial charge is 0.258 e. The fraction of sp³-hybridized carbons (Fsp3) is 0.333. The van der Waals surface area contributed by atoms with Gasteiger partial charge in [-0.1, -0.05) is 42.5 Å². The molecule has 2 unspecified atom stereocenters. The molecule has 1 amide bonds. The van der Waals surface area contributed by atoms with E-state index in [-0.39, 0.29) is 11.9 Å². The standard InChI is InChI=1S/C24H26N4O/c1-17-7-5-6-10-21(17)23-22(16-27(26-23)18-8-3-2-4-9-18)24(29)28-19-11-12-20(28)15-25-14-13-19/h2-10,16,19-20,25H,11-15H2,1H3. The summed E-state index contributed by atoms with van der Waals surface area (Å²) in [5.74, 6) is 0.113. The topological polar surface area (TPSA) is 50.2 Å². The highest BCUT2D eigenvalue weighted by Gasteiger charge is 2.39. The Kier molecular flexibility index (Phi) is 4.68. The van der Waals surface area contributed by atoms with Gasteiger partial charge >= 0.3 is 0 Å². The van der Waals surface area contributed by atoms with Crippen molar-refractivity contribution in [2.45, 2.75) is 38.3 Å². The summed E-state index contributed by atoms with van der Waals surface area (Å²) < 4.78 is 1.84. The Bertz CT molecular complexity index is 1010. The van der Waals surface area contributed by atoms with E-state index >= 15 is 0 Å². The first-order valence-electron chi connectivity index (χ1n) is 10.5. The summed E-state index contributed by atoms with van der Waals surface area (Å²) in [7, 11) is 0. The van der Waals surface area contributed by atoms with Crippen molar-refractivity contribution in [2.24, 2.45) is 0 Å². The summed E-state index contributed by atoms with van der Waals surface area (Å²) in [5.41, 5.74) is 4.57. The predicted molar refractivity (Wildman–Crippen MR) is 114 cm³/mol. The molecule has 2 atom stereocenters. The van der Waals surface area contributed by atoms with Crippen LogP contribution in [-0.2, 0) is 0 Å².